The average molecular weight is 477 g/mol. The lowest BCUT2D eigenvalue weighted by atomic mass is 10.1. The van der Waals surface area contributed by atoms with Crippen molar-refractivity contribution in [2.24, 2.45) is 4.99 Å². The van der Waals surface area contributed by atoms with Gasteiger partial charge in [0.2, 0.25) is 0 Å². The topological polar surface area (TPSA) is 56.7 Å². The highest BCUT2D eigenvalue weighted by atomic mass is 127. The molecule has 1 aromatic heterocycles. The molecule has 1 unspecified atom stereocenters. The molecule has 2 aromatic rings. The molecule has 0 saturated carbocycles. The third kappa shape index (κ3) is 7.29. The number of nitrogens with one attached hydrogen (secondary N) is 2. The maximum Gasteiger partial charge on any atom is 0.191 e. The van der Waals surface area contributed by atoms with Crippen LogP contribution in [0.2, 0.25) is 0 Å². The monoisotopic (exact) mass is 477 g/mol. The molecule has 0 radical (unpaired) electrons. The Morgan fingerprint density at radius 2 is 1.80 bits per heavy atom. The number of rotatable bonds is 7. The summed E-state index contributed by atoms with van der Waals surface area (Å²) >= 11 is 1.77. The number of guanidine groups is 1. The van der Waals surface area contributed by atoms with E-state index in [0.717, 1.165) is 13.0 Å². The van der Waals surface area contributed by atoms with Crippen LogP contribution in [-0.4, -0.2) is 24.2 Å². The molecule has 0 bridgehead atoms. The third-order valence-electron chi connectivity index (χ3n) is 3.52. The van der Waals surface area contributed by atoms with Crippen LogP contribution in [0.1, 0.15) is 35.3 Å². The first-order valence-electron chi connectivity index (χ1n) is 8.15. The Kier molecular flexibility index (Phi) is 9.99. The fourth-order valence-electron chi connectivity index (χ4n) is 2.19. The van der Waals surface area contributed by atoms with Crippen molar-refractivity contribution >= 4 is 41.3 Å². The Balaban J connectivity index is 0.00000312. The molecule has 3 N–H and O–H groups in total. The maximum atomic E-state index is 12.9. The second-order valence-electron chi connectivity index (χ2n) is 5.36. The number of nitrogens with zero attached hydrogens (tertiary/aromatic N) is 1. The second kappa shape index (κ2) is 11.4. The van der Waals surface area contributed by atoms with Gasteiger partial charge in [0, 0.05) is 22.8 Å². The van der Waals surface area contributed by atoms with Gasteiger partial charge in [-0.05, 0) is 43.2 Å². The molecule has 1 heterocycles. The number of thiophene rings is 1. The zero-order valence-corrected chi connectivity index (χ0v) is 17.6. The van der Waals surface area contributed by atoms with Crippen molar-refractivity contribution in [1.29, 1.82) is 0 Å². The third-order valence-corrected chi connectivity index (χ3v) is 4.73. The minimum Gasteiger partial charge on any atom is -0.387 e. The van der Waals surface area contributed by atoms with Gasteiger partial charge < -0.3 is 15.7 Å². The molecule has 7 heteroatoms. The van der Waals surface area contributed by atoms with Gasteiger partial charge in [-0.3, -0.25) is 0 Å². The summed E-state index contributed by atoms with van der Waals surface area (Å²) in [7, 11) is 0. The van der Waals surface area contributed by atoms with Gasteiger partial charge >= 0.3 is 0 Å². The van der Waals surface area contributed by atoms with E-state index < -0.39 is 6.10 Å². The smallest absolute Gasteiger partial charge is 0.191 e. The number of benzene rings is 1. The molecular formula is C18H25FIN3OS. The highest BCUT2D eigenvalue weighted by Crippen LogP contribution is 2.17. The van der Waals surface area contributed by atoms with Crippen LogP contribution in [0, 0.1) is 5.82 Å². The Labute approximate surface area is 169 Å². The minimum atomic E-state index is -0.720. The van der Waals surface area contributed by atoms with Crippen molar-refractivity contribution in [1.82, 2.24) is 10.6 Å². The molecule has 0 saturated heterocycles. The zero-order valence-electron chi connectivity index (χ0n) is 14.5. The first-order chi connectivity index (χ1) is 11.6. The number of aliphatic hydroxyl groups excluding tert-OH is 1. The lowest BCUT2D eigenvalue weighted by Crippen LogP contribution is -2.39. The van der Waals surface area contributed by atoms with Crippen molar-refractivity contribution < 1.29 is 9.50 Å². The molecule has 138 valence electrons. The summed E-state index contributed by atoms with van der Waals surface area (Å²) in [6, 6.07) is 10.1. The normalized spacial score (nSPS) is 12.4. The van der Waals surface area contributed by atoms with Crippen molar-refractivity contribution in [2.75, 3.05) is 13.1 Å². The summed E-state index contributed by atoms with van der Waals surface area (Å²) in [5, 5.41) is 16.5. The maximum absolute atomic E-state index is 12.9. The van der Waals surface area contributed by atoms with Gasteiger partial charge in [0.1, 0.15) is 5.82 Å². The minimum absolute atomic E-state index is 0. The summed E-state index contributed by atoms with van der Waals surface area (Å²) in [6.45, 7) is 5.78. The van der Waals surface area contributed by atoms with E-state index in [1.165, 1.54) is 21.9 Å². The lowest BCUT2D eigenvalue weighted by molar-refractivity contribution is 0.180. The highest BCUT2D eigenvalue weighted by molar-refractivity contribution is 14.0. The van der Waals surface area contributed by atoms with Gasteiger partial charge in [-0.25, -0.2) is 9.38 Å². The summed E-state index contributed by atoms with van der Waals surface area (Å²) in [5.41, 5.74) is 0.672. The largest absolute Gasteiger partial charge is 0.387 e. The van der Waals surface area contributed by atoms with Crippen molar-refractivity contribution in [3.8, 4) is 0 Å². The van der Waals surface area contributed by atoms with E-state index >= 15 is 0 Å². The summed E-state index contributed by atoms with van der Waals surface area (Å²) in [4.78, 5) is 7.11. The molecule has 25 heavy (non-hydrogen) atoms. The number of hydrogen-bond acceptors (Lipinski definition) is 3. The molecule has 1 aromatic carbocycles. The predicted molar refractivity (Wildman–Crippen MR) is 113 cm³/mol. The summed E-state index contributed by atoms with van der Waals surface area (Å²) in [6.07, 6.45) is 0.319. The molecule has 0 aliphatic heterocycles. The number of hydrogen-bond donors (Lipinski definition) is 3. The highest BCUT2D eigenvalue weighted by Gasteiger charge is 2.08. The van der Waals surface area contributed by atoms with Gasteiger partial charge in [0.15, 0.2) is 5.96 Å². The Bertz CT molecular complexity index is 661. The number of aryl methyl sites for hydroxylation is 1. The summed E-state index contributed by atoms with van der Waals surface area (Å²) < 4.78 is 12.9. The number of halogens is 2. The van der Waals surface area contributed by atoms with Crippen LogP contribution in [0.5, 0.6) is 0 Å². The molecule has 0 fully saturated rings. The summed E-state index contributed by atoms with van der Waals surface area (Å²) in [5.74, 6) is 0.348. The lowest BCUT2D eigenvalue weighted by Gasteiger charge is -2.15. The fourth-order valence-corrected chi connectivity index (χ4v) is 3.07. The number of aliphatic imine (C=N–C) groups is 1. The zero-order chi connectivity index (χ0) is 17.4. The molecule has 4 nitrogen and oxygen atoms in total. The Morgan fingerprint density at radius 1 is 1.12 bits per heavy atom. The van der Waals surface area contributed by atoms with Crippen LogP contribution in [0.15, 0.2) is 41.4 Å². The van der Waals surface area contributed by atoms with Crippen LogP contribution in [0.4, 0.5) is 4.39 Å². The van der Waals surface area contributed by atoms with Crippen molar-refractivity contribution in [3.63, 3.8) is 0 Å². The van der Waals surface area contributed by atoms with Gasteiger partial charge in [0.25, 0.3) is 0 Å². The predicted octanol–water partition coefficient (Wildman–Crippen LogP) is 3.86. The fraction of sp³-hybridized carbons (Fsp3) is 0.389. The average Bonchev–Trinajstić information content (AvgIpc) is 3.06. The van der Waals surface area contributed by atoms with Gasteiger partial charge in [0.05, 0.1) is 12.6 Å². The molecule has 2 rings (SSSR count). The molecule has 1 atom stereocenters. The van der Waals surface area contributed by atoms with Crippen LogP contribution in [0.25, 0.3) is 0 Å². The van der Waals surface area contributed by atoms with E-state index in [-0.39, 0.29) is 29.8 Å². The first-order valence-corrected chi connectivity index (χ1v) is 8.97. The van der Waals surface area contributed by atoms with Crippen molar-refractivity contribution in [2.45, 2.75) is 32.9 Å². The van der Waals surface area contributed by atoms with E-state index in [4.69, 9.17) is 0 Å². The molecule has 0 aliphatic rings. The Hall–Kier alpha value is -1.19. The first kappa shape index (κ1) is 21.9. The van der Waals surface area contributed by atoms with E-state index in [0.29, 0.717) is 24.6 Å². The Morgan fingerprint density at radius 3 is 2.40 bits per heavy atom. The molecule has 0 aliphatic carbocycles. The molecule has 0 spiro atoms. The van der Waals surface area contributed by atoms with Crippen LogP contribution in [0.3, 0.4) is 0 Å². The van der Waals surface area contributed by atoms with E-state index in [1.807, 2.05) is 6.92 Å². The SMILES string of the molecule is CCNC(=NCc1ccc(CC)s1)NCC(O)c1ccc(F)cc1.I. The van der Waals surface area contributed by atoms with Crippen LogP contribution >= 0.6 is 35.3 Å². The van der Waals surface area contributed by atoms with Gasteiger partial charge in [-0.2, -0.15) is 0 Å². The van der Waals surface area contributed by atoms with Crippen molar-refractivity contribution in [3.05, 3.63) is 57.5 Å². The van der Waals surface area contributed by atoms with E-state index in [2.05, 4.69) is 34.7 Å². The second-order valence-corrected chi connectivity index (χ2v) is 6.62. The molecule has 0 amide bonds. The molecular weight excluding hydrogens is 452 g/mol. The van der Waals surface area contributed by atoms with E-state index in [1.54, 1.807) is 23.5 Å². The van der Waals surface area contributed by atoms with E-state index in [9.17, 15) is 9.50 Å². The van der Waals surface area contributed by atoms with Crippen LogP contribution in [-0.2, 0) is 13.0 Å². The quantitative estimate of drug-likeness (QED) is 0.323. The van der Waals surface area contributed by atoms with Gasteiger partial charge in [-0.1, -0.05) is 19.1 Å². The standard InChI is InChI=1S/C18H24FN3OS.HI/c1-3-15-9-10-16(24-15)11-21-18(20-4-2)22-12-17(23)13-5-7-14(19)8-6-13;/h5-10,17,23H,3-4,11-12H2,1-2H3,(H2,20,21,22);1H. The van der Waals surface area contributed by atoms with Gasteiger partial charge in [-0.15, -0.1) is 35.3 Å². The van der Waals surface area contributed by atoms with Crippen LogP contribution < -0.4 is 10.6 Å². The number of aliphatic hydroxyl groups is 1.